The van der Waals surface area contributed by atoms with Crippen LogP contribution < -0.4 is 9.47 Å². The van der Waals surface area contributed by atoms with Gasteiger partial charge in [-0.1, -0.05) is 12.1 Å². The maximum atomic E-state index is 5.77. The molecule has 116 valence electrons. The second-order valence-electron chi connectivity index (χ2n) is 5.22. The Bertz CT molecular complexity index is 625. The minimum absolute atomic E-state index is 0.117. The number of fused-ring (bicyclic) bond motifs is 2. The van der Waals surface area contributed by atoms with Crippen molar-refractivity contribution >= 4 is 0 Å². The fourth-order valence-electron chi connectivity index (χ4n) is 3.13. The molecule has 0 spiro atoms. The zero-order valence-corrected chi connectivity index (χ0v) is 13.3. The Balaban J connectivity index is 2.21. The lowest BCUT2D eigenvalue weighted by Crippen LogP contribution is -2.20. The smallest absolute Gasteiger partial charge is 0.119 e. The minimum atomic E-state index is -0.165. The van der Waals surface area contributed by atoms with Crippen LogP contribution in [-0.4, -0.2) is 28.4 Å². The van der Waals surface area contributed by atoms with Gasteiger partial charge in [0, 0.05) is 14.2 Å². The van der Waals surface area contributed by atoms with Crippen molar-refractivity contribution in [3.63, 3.8) is 0 Å². The predicted octanol–water partition coefficient (Wildman–Crippen LogP) is 3.49. The third kappa shape index (κ3) is 2.25. The van der Waals surface area contributed by atoms with Crippen LogP contribution in [0.15, 0.2) is 36.4 Å². The molecule has 0 saturated heterocycles. The van der Waals surface area contributed by atoms with E-state index in [4.69, 9.17) is 18.9 Å². The van der Waals surface area contributed by atoms with Gasteiger partial charge in [-0.15, -0.1) is 0 Å². The molecule has 2 aromatic carbocycles. The zero-order valence-electron chi connectivity index (χ0n) is 13.3. The summed E-state index contributed by atoms with van der Waals surface area (Å²) in [5, 5.41) is 0. The van der Waals surface area contributed by atoms with Gasteiger partial charge in [0.15, 0.2) is 0 Å². The first-order valence-corrected chi connectivity index (χ1v) is 7.14. The van der Waals surface area contributed by atoms with Crippen molar-refractivity contribution in [2.45, 2.75) is 12.2 Å². The SMILES string of the molecule is COc1ccc2c(c1)C(OC)c1cc(OC)ccc1C2OC. The summed E-state index contributed by atoms with van der Waals surface area (Å²) in [7, 11) is 6.76. The van der Waals surface area contributed by atoms with Crippen molar-refractivity contribution in [3.8, 4) is 11.5 Å². The Kier molecular flexibility index (Phi) is 4.05. The van der Waals surface area contributed by atoms with Crippen LogP contribution in [0.5, 0.6) is 11.5 Å². The van der Waals surface area contributed by atoms with Gasteiger partial charge in [-0.25, -0.2) is 0 Å². The third-order valence-corrected chi connectivity index (χ3v) is 4.19. The van der Waals surface area contributed by atoms with Crippen molar-refractivity contribution < 1.29 is 18.9 Å². The maximum absolute atomic E-state index is 5.77. The van der Waals surface area contributed by atoms with Crippen molar-refractivity contribution in [2.75, 3.05) is 28.4 Å². The third-order valence-electron chi connectivity index (χ3n) is 4.19. The largest absolute Gasteiger partial charge is 0.497 e. The van der Waals surface area contributed by atoms with Crippen molar-refractivity contribution in [1.82, 2.24) is 0 Å². The molecule has 3 rings (SSSR count). The second kappa shape index (κ2) is 5.99. The van der Waals surface area contributed by atoms with Crippen LogP contribution in [0.1, 0.15) is 34.5 Å². The van der Waals surface area contributed by atoms with Crippen LogP contribution in [0.4, 0.5) is 0 Å². The molecular formula is C18H20O4. The van der Waals surface area contributed by atoms with Gasteiger partial charge in [-0.05, 0) is 46.5 Å². The minimum Gasteiger partial charge on any atom is -0.497 e. The van der Waals surface area contributed by atoms with E-state index in [-0.39, 0.29) is 12.2 Å². The van der Waals surface area contributed by atoms with Crippen LogP contribution >= 0.6 is 0 Å². The summed E-state index contributed by atoms with van der Waals surface area (Å²) in [4.78, 5) is 0. The fourth-order valence-corrected chi connectivity index (χ4v) is 3.13. The van der Waals surface area contributed by atoms with Gasteiger partial charge < -0.3 is 18.9 Å². The highest BCUT2D eigenvalue weighted by atomic mass is 16.5. The summed E-state index contributed by atoms with van der Waals surface area (Å²) in [5.74, 6) is 1.61. The highest BCUT2D eigenvalue weighted by molar-refractivity contribution is 5.54. The number of hydrogen-bond acceptors (Lipinski definition) is 4. The van der Waals surface area contributed by atoms with E-state index in [0.717, 1.165) is 33.8 Å². The molecule has 4 heteroatoms. The molecule has 2 aromatic rings. The van der Waals surface area contributed by atoms with Gasteiger partial charge in [0.25, 0.3) is 0 Å². The number of methoxy groups -OCH3 is 4. The van der Waals surface area contributed by atoms with E-state index in [1.807, 2.05) is 36.4 Å². The Morgan fingerprint density at radius 3 is 1.36 bits per heavy atom. The molecule has 0 amide bonds. The van der Waals surface area contributed by atoms with Crippen molar-refractivity contribution in [2.24, 2.45) is 0 Å². The number of benzene rings is 2. The highest BCUT2D eigenvalue weighted by Crippen LogP contribution is 2.45. The molecule has 0 aromatic heterocycles. The Morgan fingerprint density at radius 1 is 0.591 bits per heavy atom. The van der Waals surface area contributed by atoms with E-state index in [1.54, 1.807) is 28.4 Å². The standard InChI is InChI=1S/C18H20O4/c1-19-11-5-7-13-15(9-11)18(22-4)16-10-12(20-2)6-8-14(16)17(13)21-3/h5-10,17-18H,1-4H3. The highest BCUT2D eigenvalue weighted by Gasteiger charge is 2.33. The summed E-state index contributed by atoms with van der Waals surface area (Å²) in [6.45, 7) is 0. The molecular weight excluding hydrogens is 280 g/mol. The van der Waals surface area contributed by atoms with Crippen LogP contribution in [0.3, 0.4) is 0 Å². The van der Waals surface area contributed by atoms with Crippen LogP contribution in [0.25, 0.3) is 0 Å². The molecule has 1 aliphatic rings. The number of hydrogen-bond donors (Lipinski definition) is 0. The Hall–Kier alpha value is -2.04. The van der Waals surface area contributed by atoms with E-state index in [1.165, 1.54) is 0 Å². The molecule has 0 saturated carbocycles. The van der Waals surface area contributed by atoms with Gasteiger partial charge in [0.2, 0.25) is 0 Å². The molecule has 4 nitrogen and oxygen atoms in total. The lowest BCUT2D eigenvalue weighted by Gasteiger charge is -2.33. The Morgan fingerprint density at radius 2 is 1.00 bits per heavy atom. The molecule has 0 N–H and O–H groups in total. The average molecular weight is 300 g/mol. The molecule has 0 radical (unpaired) electrons. The van der Waals surface area contributed by atoms with E-state index in [0.29, 0.717) is 0 Å². The lowest BCUT2D eigenvalue weighted by molar-refractivity contribution is 0.0987. The van der Waals surface area contributed by atoms with Gasteiger partial charge >= 0.3 is 0 Å². The van der Waals surface area contributed by atoms with Crippen molar-refractivity contribution in [3.05, 3.63) is 58.7 Å². The molecule has 0 aliphatic heterocycles. The monoisotopic (exact) mass is 300 g/mol. The Labute approximate surface area is 130 Å². The molecule has 1 aliphatic carbocycles. The zero-order chi connectivity index (χ0) is 15.7. The average Bonchev–Trinajstić information content (AvgIpc) is 2.58. The molecule has 0 bridgehead atoms. The number of ether oxygens (including phenoxy) is 4. The first-order valence-electron chi connectivity index (χ1n) is 7.14. The summed E-state index contributed by atoms with van der Waals surface area (Å²) in [6, 6.07) is 12.0. The van der Waals surface area contributed by atoms with Gasteiger partial charge in [0.1, 0.15) is 23.7 Å². The maximum Gasteiger partial charge on any atom is 0.119 e. The molecule has 22 heavy (non-hydrogen) atoms. The fraction of sp³-hybridized carbons (Fsp3) is 0.333. The van der Waals surface area contributed by atoms with E-state index >= 15 is 0 Å². The summed E-state index contributed by atoms with van der Waals surface area (Å²) in [5.41, 5.74) is 4.34. The van der Waals surface area contributed by atoms with Crippen LogP contribution in [0.2, 0.25) is 0 Å². The van der Waals surface area contributed by atoms with E-state index < -0.39 is 0 Å². The van der Waals surface area contributed by atoms with E-state index in [9.17, 15) is 0 Å². The summed E-state index contributed by atoms with van der Waals surface area (Å²) < 4.78 is 22.2. The molecule has 0 heterocycles. The molecule has 0 unspecified atom stereocenters. The van der Waals surface area contributed by atoms with Crippen LogP contribution in [-0.2, 0) is 9.47 Å². The van der Waals surface area contributed by atoms with E-state index in [2.05, 4.69) is 0 Å². The summed E-state index contributed by atoms with van der Waals surface area (Å²) in [6.07, 6.45) is -0.283. The first kappa shape index (κ1) is 14.9. The first-order chi connectivity index (χ1) is 10.7. The summed E-state index contributed by atoms with van der Waals surface area (Å²) >= 11 is 0. The van der Waals surface area contributed by atoms with Gasteiger partial charge in [-0.3, -0.25) is 0 Å². The predicted molar refractivity (Wildman–Crippen MR) is 83.7 cm³/mol. The second-order valence-corrected chi connectivity index (χ2v) is 5.22. The quantitative estimate of drug-likeness (QED) is 0.866. The molecule has 0 atom stereocenters. The van der Waals surface area contributed by atoms with Gasteiger partial charge in [0.05, 0.1) is 14.2 Å². The molecule has 0 fully saturated rings. The topological polar surface area (TPSA) is 36.9 Å². The normalized spacial score (nSPS) is 19.3. The number of rotatable bonds is 4. The van der Waals surface area contributed by atoms with Crippen LogP contribution in [0, 0.1) is 0 Å². The lowest BCUT2D eigenvalue weighted by atomic mass is 9.81. The van der Waals surface area contributed by atoms with Gasteiger partial charge in [-0.2, -0.15) is 0 Å². The van der Waals surface area contributed by atoms with Crippen molar-refractivity contribution in [1.29, 1.82) is 0 Å².